The SMILES string of the molecule is CC(C)NC(=O)c1ccc(Nc2nccc(-c3ccc4nc(N5CCCC5)ncc4c3)n2)cc1. The van der Waals surface area contributed by atoms with E-state index in [-0.39, 0.29) is 11.9 Å². The molecule has 2 aromatic heterocycles. The summed E-state index contributed by atoms with van der Waals surface area (Å²) in [7, 11) is 0. The standard InChI is InChI=1S/C26H27N7O/c1-17(2)29-24(34)18-5-8-21(9-6-18)30-25-27-12-11-23(31-25)19-7-10-22-20(15-19)16-28-26(32-22)33-13-3-4-14-33/h5-12,15-17H,3-4,13-14H2,1-2H3,(H,29,34)(H,27,30,31). The first-order chi connectivity index (χ1) is 16.5. The van der Waals surface area contributed by atoms with E-state index in [9.17, 15) is 4.79 Å². The Kier molecular flexibility index (Phi) is 6.03. The van der Waals surface area contributed by atoms with Crippen LogP contribution >= 0.6 is 0 Å². The van der Waals surface area contributed by atoms with Gasteiger partial charge in [0.1, 0.15) is 0 Å². The minimum absolute atomic E-state index is 0.0902. The monoisotopic (exact) mass is 453 g/mol. The number of amides is 1. The second kappa shape index (κ2) is 9.43. The maximum atomic E-state index is 12.1. The lowest BCUT2D eigenvalue weighted by atomic mass is 10.1. The molecule has 0 saturated carbocycles. The molecule has 0 spiro atoms. The predicted octanol–water partition coefficient (Wildman–Crippen LogP) is 4.57. The second-order valence-electron chi connectivity index (χ2n) is 8.73. The molecule has 5 rings (SSSR count). The summed E-state index contributed by atoms with van der Waals surface area (Å²) in [6.07, 6.45) is 6.01. The summed E-state index contributed by atoms with van der Waals surface area (Å²) in [6, 6.07) is 15.3. The number of fused-ring (bicyclic) bond motifs is 1. The first kappa shape index (κ1) is 21.8. The minimum Gasteiger partial charge on any atom is -0.350 e. The highest BCUT2D eigenvalue weighted by molar-refractivity contribution is 5.94. The van der Waals surface area contributed by atoms with E-state index in [1.807, 2.05) is 50.4 Å². The Labute approximate surface area is 198 Å². The number of nitrogens with one attached hydrogen (secondary N) is 2. The van der Waals surface area contributed by atoms with Gasteiger partial charge in [0, 0.05) is 53.7 Å². The van der Waals surface area contributed by atoms with Gasteiger partial charge in [-0.05, 0) is 69.2 Å². The van der Waals surface area contributed by atoms with Crippen LogP contribution in [0.2, 0.25) is 0 Å². The molecular weight excluding hydrogens is 426 g/mol. The van der Waals surface area contributed by atoms with Crippen LogP contribution < -0.4 is 15.5 Å². The Morgan fingerprint density at radius 2 is 1.76 bits per heavy atom. The first-order valence-corrected chi connectivity index (χ1v) is 11.6. The van der Waals surface area contributed by atoms with E-state index < -0.39 is 0 Å². The molecule has 0 bridgehead atoms. The number of anilines is 3. The molecule has 4 aromatic rings. The van der Waals surface area contributed by atoms with Crippen molar-refractivity contribution >= 4 is 34.4 Å². The van der Waals surface area contributed by atoms with E-state index in [4.69, 9.17) is 4.98 Å². The Morgan fingerprint density at radius 3 is 2.53 bits per heavy atom. The van der Waals surface area contributed by atoms with E-state index in [1.54, 1.807) is 18.3 Å². The maximum Gasteiger partial charge on any atom is 0.251 e. The van der Waals surface area contributed by atoms with Crippen molar-refractivity contribution in [3.8, 4) is 11.3 Å². The summed E-state index contributed by atoms with van der Waals surface area (Å²) in [6.45, 7) is 5.92. The molecule has 8 nitrogen and oxygen atoms in total. The van der Waals surface area contributed by atoms with Crippen LogP contribution in [0.4, 0.5) is 17.6 Å². The van der Waals surface area contributed by atoms with Gasteiger partial charge in [-0.2, -0.15) is 0 Å². The summed E-state index contributed by atoms with van der Waals surface area (Å²) in [4.78, 5) is 32.7. The average Bonchev–Trinajstić information content (AvgIpc) is 3.39. The van der Waals surface area contributed by atoms with Crippen molar-refractivity contribution in [2.45, 2.75) is 32.7 Å². The van der Waals surface area contributed by atoms with Crippen molar-refractivity contribution in [1.82, 2.24) is 25.3 Å². The Morgan fingerprint density at radius 1 is 0.971 bits per heavy atom. The number of rotatable bonds is 6. The molecular formula is C26H27N7O. The second-order valence-corrected chi connectivity index (χ2v) is 8.73. The van der Waals surface area contributed by atoms with Gasteiger partial charge in [-0.25, -0.2) is 19.9 Å². The molecule has 1 fully saturated rings. The lowest BCUT2D eigenvalue weighted by molar-refractivity contribution is 0.0943. The molecule has 2 N–H and O–H groups in total. The molecule has 1 saturated heterocycles. The molecule has 2 aromatic carbocycles. The third-order valence-corrected chi connectivity index (χ3v) is 5.73. The van der Waals surface area contributed by atoms with Gasteiger partial charge in [0.15, 0.2) is 0 Å². The molecule has 0 atom stereocenters. The maximum absolute atomic E-state index is 12.1. The molecule has 1 amide bonds. The fourth-order valence-corrected chi connectivity index (χ4v) is 4.01. The number of carbonyl (C=O) groups is 1. The van der Waals surface area contributed by atoms with Gasteiger partial charge in [0.05, 0.1) is 11.2 Å². The van der Waals surface area contributed by atoms with Crippen LogP contribution in [0.5, 0.6) is 0 Å². The van der Waals surface area contributed by atoms with Crippen molar-refractivity contribution in [2.24, 2.45) is 0 Å². The van der Waals surface area contributed by atoms with Crippen LogP contribution in [0.1, 0.15) is 37.0 Å². The average molecular weight is 454 g/mol. The molecule has 1 aliphatic rings. The van der Waals surface area contributed by atoms with E-state index in [1.165, 1.54) is 12.8 Å². The van der Waals surface area contributed by atoms with E-state index in [2.05, 4.69) is 36.6 Å². The minimum atomic E-state index is -0.0902. The van der Waals surface area contributed by atoms with E-state index in [0.717, 1.165) is 46.9 Å². The molecule has 0 aliphatic carbocycles. The van der Waals surface area contributed by atoms with Gasteiger partial charge in [0.25, 0.3) is 5.91 Å². The van der Waals surface area contributed by atoms with Gasteiger partial charge in [0.2, 0.25) is 11.9 Å². The van der Waals surface area contributed by atoms with Crippen LogP contribution in [0.15, 0.2) is 60.9 Å². The van der Waals surface area contributed by atoms with Gasteiger partial charge >= 0.3 is 0 Å². The molecule has 172 valence electrons. The van der Waals surface area contributed by atoms with Crippen molar-refractivity contribution in [2.75, 3.05) is 23.3 Å². The van der Waals surface area contributed by atoms with E-state index >= 15 is 0 Å². The number of hydrogen-bond donors (Lipinski definition) is 2. The Bertz CT molecular complexity index is 1310. The molecule has 3 heterocycles. The highest BCUT2D eigenvalue weighted by Crippen LogP contribution is 2.25. The normalized spacial score (nSPS) is 13.4. The fourth-order valence-electron chi connectivity index (χ4n) is 4.01. The van der Waals surface area contributed by atoms with Crippen LogP contribution in [-0.2, 0) is 0 Å². The predicted molar refractivity (Wildman–Crippen MR) is 134 cm³/mol. The van der Waals surface area contributed by atoms with Gasteiger partial charge in [-0.3, -0.25) is 4.79 Å². The quantitative estimate of drug-likeness (QED) is 0.441. The molecule has 0 unspecified atom stereocenters. The number of aromatic nitrogens is 4. The summed E-state index contributed by atoms with van der Waals surface area (Å²) in [5.41, 5.74) is 4.11. The van der Waals surface area contributed by atoms with Gasteiger partial charge in [-0.1, -0.05) is 6.07 Å². The smallest absolute Gasteiger partial charge is 0.251 e. The molecule has 34 heavy (non-hydrogen) atoms. The third-order valence-electron chi connectivity index (χ3n) is 5.73. The van der Waals surface area contributed by atoms with Gasteiger partial charge < -0.3 is 15.5 Å². The van der Waals surface area contributed by atoms with Crippen LogP contribution in [0.3, 0.4) is 0 Å². The lowest BCUT2D eigenvalue weighted by Gasteiger charge is -2.15. The molecule has 0 radical (unpaired) electrons. The Balaban J connectivity index is 1.33. The highest BCUT2D eigenvalue weighted by Gasteiger charge is 2.15. The number of benzene rings is 2. The van der Waals surface area contributed by atoms with Crippen LogP contribution in [0, 0.1) is 0 Å². The largest absolute Gasteiger partial charge is 0.350 e. The third kappa shape index (κ3) is 4.80. The van der Waals surface area contributed by atoms with Crippen molar-refractivity contribution in [1.29, 1.82) is 0 Å². The van der Waals surface area contributed by atoms with E-state index in [0.29, 0.717) is 11.5 Å². The number of nitrogens with zero attached hydrogens (tertiary/aromatic N) is 5. The Hall–Kier alpha value is -4.07. The van der Waals surface area contributed by atoms with Crippen LogP contribution in [-0.4, -0.2) is 45.0 Å². The summed E-state index contributed by atoms with van der Waals surface area (Å²) < 4.78 is 0. The number of carbonyl (C=O) groups excluding carboxylic acids is 1. The fraction of sp³-hybridized carbons (Fsp3) is 0.269. The zero-order valence-corrected chi connectivity index (χ0v) is 19.3. The number of hydrogen-bond acceptors (Lipinski definition) is 7. The van der Waals surface area contributed by atoms with Crippen molar-refractivity contribution in [3.05, 3.63) is 66.5 Å². The molecule has 1 aliphatic heterocycles. The summed E-state index contributed by atoms with van der Waals surface area (Å²) in [5, 5.41) is 7.08. The first-order valence-electron chi connectivity index (χ1n) is 11.6. The van der Waals surface area contributed by atoms with Crippen LogP contribution in [0.25, 0.3) is 22.2 Å². The summed E-state index contributed by atoms with van der Waals surface area (Å²) >= 11 is 0. The van der Waals surface area contributed by atoms with Crippen molar-refractivity contribution in [3.63, 3.8) is 0 Å². The lowest BCUT2D eigenvalue weighted by Crippen LogP contribution is -2.29. The topological polar surface area (TPSA) is 95.9 Å². The zero-order chi connectivity index (χ0) is 23.5. The molecule has 8 heteroatoms. The zero-order valence-electron chi connectivity index (χ0n) is 19.3. The highest BCUT2D eigenvalue weighted by atomic mass is 16.1. The van der Waals surface area contributed by atoms with Gasteiger partial charge in [-0.15, -0.1) is 0 Å². The summed E-state index contributed by atoms with van der Waals surface area (Å²) in [5.74, 6) is 1.20. The van der Waals surface area contributed by atoms with Crippen molar-refractivity contribution < 1.29 is 4.79 Å².